The van der Waals surface area contributed by atoms with Crippen molar-refractivity contribution in [3.63, 3.8) is 0 Å². The molecule has 0 atom stereocenters. The number of aromatic nitrogens is 1. The molecule has 0 aliphatic heterocycles. The molecule has 0 aliphatic rings. The Labute approximate surface area is 119 Å². The van der Waals surface area contributed by atoms with E-state index < -0.39 is 17.3 Å². The Morgan fingerprint density at radius 3 is 2.55 bits per heavy atom. The number of nitrogens with zero attached hydrogens (tertiary/aromatic N) is 1. The molecule has 0 spiro atoms. The normalized spacial score (nSPS) is 10.6. The van der Waals surface area contributed by atoms with E-state index in [1.165, 1.54) is 19.9 Å². The average Bonchev–Trinajstić information content (AvgIpc) is 2.36. The van der Waals surface area contributed by atoms with Crippen LogP contribution in [0.3, 0.4) is 0 Å². The molecule has 1 aromatic heterocycles. The van der Waals surface area contributed by atoms with Crippen LogP contribution in [0.2, 0.25) is 5.02 Å². The molecule has 0 aliphatic carbocycles. The third-order valence-electron chi connectivity index (χ3n) is 3.07. The van der Waals surface area contributed by atoms with E-state index in [9.17, 15) is 19.1 Å². The number of carboxylic acids is 1. The fourth-order valence-electron chi connectivity index (χ4n) is 2.15. The minimum absolute atomic E-state index is 0.156. The van der Waals surface area contributed by atoms with E-state index in [4.69, 9.17) is 11.6 Å². The highest BCUT2D eigenvalue weighted by atomic mass is 35.5. The molecule has 4 nitrogen and oxygen atoms in total. The Bertz CT molecular complexity index is 768. The highest BCUT2D eigenvalue weighted by Crippen LogP contribution is 2.20. The molecule has 0 radical (unpaired) electrons. The lowest BCUT2D eigenvalue weighted by molar-refractivity contribution is 0.0693. The molecule has 104 valence electrons. The molecule has 2 rings (SSSR count). The van der Waals surface area contributed by atoms with Gasteiger partial charge >= 0.3 is 5.97 Å². The van der Waals surface area contributed by atoms with Crippen molar-refractivity contribution in [1.29, 1.82) is 0 Å². The molecular formula is C14H11ClFNO3. The summed E-state index contributed by atoms with van der Waals surface area (Å²) in [5.41, 5.74) is -0.808. The molecule has 0 fully saturated rings. The number of carboxylic acid groups (broad SMARTS) is 1. The van der Waals surface area contributed by atoms with Gasteiger partial charge in [-0.15, -0.1) is 0 Å². The molecule has 1 aromatic carbocycles. The van der Waals surface area contributed by atoms with E-state index in [1.54, 1.807) is 18.2 Å². The van der Waals surface area contributed by atoms with E-state index in [0.29, 0.717) is 10.7 Å². The fourth-order valence-corrected chi connectivity index (χ4v) is 2.33. The zero-order valence-electron chi connectivity index (χ0n) is 10.8. The monoisotopic (exact) mass is 295 g/mol. The van der Waals surface area contributed by atoms with Gasteiger partial charge in [-0.3, -0.25) is 9.36 Å². The van der Waals surface area contributed by atoms with E-state index in [0.717, 1.165) is 4.57 Å². The minimum atomic E-state index is -1.28. The molecule has 0 saturated heterocycles. The third-order valence-corrected chi connectivity index (χ3v) is 3.31. The van der Waals surface area contributed by atoms with Crippen LogP contribution < -0.4 is 5.56 Å². The second-order valence-electron chi connectivity index (χ2n) is 4.32. The molecule has 0 unspecified atom stereocenters. The van der Waals surface area contributed by atoms with Gasteiger partial charge in [-0.25, -0.2) is 9.18 Å². The number of benzene rings is 1. The van der Waals surface area contributed by atoms with E-state index in [1.807, 2.05) is 0 Å². The first-order valence-electron chi connectivity index (χ1n) is 5.75. The number of hydrogen-bond donors (Lipinski definition) is 1. The van der Waals surface area contributed by atoms with Crippen LogP contribution in [0.4, 0.5) is 4.39 Å². The Balaban J connectivity index is 2.91. The minimum Gasteiger partial charge on any atom is -0.478 e. The predicted octanol–water partition coefficient (Wildman–Crippen LogP) is 2.95. The van der Waals surface area contributed by atoms with Gasteiger partial charge in [0, 0.05) is 16.3 Å². The van der Waals surface area contributed by atoms with Crippen molar-refractivity contribution in [2.45, 2.75) is 13.8 Å². The Hall–Kier alpha value is -2.14. The number of hydrogen-bond acceptors (Lipinski definition) is 2. The topological polar surface area (TPSA) is 59.3 Å². The van der Waals surface area contributed by atoms with Crippen molar-refractivity contribution in [2.75, 3.05) is 0 Å². The molecule has 20 heavy (non-hydrogen) atoms. The number of carbonyl (C=O) groups is 1. The van der Waals surface area contributed by atoms with Crippen LogP contribution in [-0.2, 0) is 0 Å². The predicted molar refractivity (Wildman–Crippen MR) is 73.4 cm³/mol. The SMILES string of the molecule is Cc1c(C(=O)O)c(C)n(-c2cccc(Cl)c2)c(=O)c1F. The van der Waals surface area contributed by atoms with Gasteiger partial charge in [-0.05, 0) is 32.0 Å². The standard InChI is InChI=1S/C14H11ClFNO3/c1-7-11(14(19)20)8(2)17(13(18)12(7)16)10-5-3-4-9(15)6-10/h3-6H,1-2H3,(H,19,20). The molecule has 1 N–H and O–H groups in total. The molecule has 0 saturated carbocycles. The number of aromatic carboxylic acids is 1. The van der Waals surface area contributed by atoms with Gasteiger partial charge in [0.05, 0.1) is 11.3 Å². The first-order valence-corrected chi connectivity index (χ1v) is 6.13. The Kier molecular flexibility index (Phi) is 3.63. The summed E-state index contributed by atoms with van der Waals surface area (Å²) < 4.78 is 15.0. The van der Waals surface area contributed by atoms with Gasteiger partial charge in [-0.1, -0.05) is 17.7 Å². The highest BCUT2D eigenvalue weighted by Gasteiger charge is 2.22. The molecule has 2 aromatic rings. The van der Waals surface area contributed by atoms with Crippen LogP contribution in [0.5, 0.6) is 0 Å². The van der Waals surface area contributed by atoms with Crippen LogP contribution in [0.15, 0.2) is 29.1 Å². The van der Waals surface area contributed by atoms with E-state index in [2.05, 4.69) is 0 Å². The molecule has 6 heteroatoms. The summed E-state index contributed by atoms with van der Waals surface area (Å²) in [5.74, 6) is -2.36. The van der Waals surface area contributed by atoms with Crippen molar-refractivity contribution < 1.29 is 14.3 Å². The van der Waals surface area contributed by atoms with Crippen LogP contribution in [0.1, 0.15) is 21.6 Å². The lowest BCUT2D eigenvalue weighted by Gasteiger charge is -2.15. The van der Waals surface area contributed by atoms with Crippen LogP contribution in [-0.4, -0.2) is 15.6 Å². The highest BCUT2D eigenvalue weighted by molar-refractivity contribution is 6.30. The summed E-state index contributed by atoms with van der Waals surface area (Å²) >= 11 is 5.85. The zero-order valence-corrected chi connectivity index (χ0v) is 11.5. The maximum absolute atomic E-state index is 13.9. The molecular weight excluding hydrogens is 285 g/mol. The van der Waals surface area contributed by atoms with Crippen molar-refractivity contribution in [1.82, 2.24) is 4.57 Å². The Morgan fingerprint density at radius 1 is 1.35 bits per heavy atom. The quantitative estimate of drug-likeness (QED) is 0.926. The van der Waals surface area contributed by atoms with E-state index in [-0.39, 0.29) is 16.8 Å². The van der Waals surface area contributed by atoms with E-state index >= 15 is 0 Å². The van der Waals surface area contributed by atoms with Gasteiger partial charge in [0.15, 0.2) is 5.82 Å². The summed E-state index contributed by atoms with van der Waals surface area (Å²) in [4.78, 5) is 23.3. The maximum atomic E-state index is 13.9. The molecule has 0 amide bonds. The van der Waals surface area contributed by atoms with Crippen LogP contribution in [0, 0.1) is 19.7 Å². The van der Waals surface area contributed by atoms with Gasteiger partial charge in [0.2, 0.25) is 0 Å². The summed E-state index contributed by atoms with van der Waals surface area (Å²) in [6.45, 7) is 2.73. The Morgan fingerprint density at radius 2 is 2.00 bits per heavy atom. The summed E-state index contributed by atoms with van der Waals surface area (Å²) in [6, 6.07) is 6.23. The summed E-state index contributed by atoms with van der Waals surface area (Å²) in [6.07, 6.45) is 0. The molecule has 0 bridgehead atoms. The van der Waals surface area contributed by atoms with Crippen LogP contribution >= 0.6 is 11.6 Å². The van der Waals surface area contributed by atoms with Crippen molar-refractivity contribution in [3.8, 4) is 5.69 Å². The van der Waals surface area contributed by atoms with Gasteiger partial charge in [-0.2, -0.15) is 0 Å². The fraction of sp³-hybridized carbons (Fsp3) is 0.143. The lowest BCUT2D eigenvalue weighted by atomic mass is 10.1. The lowest BCUT2D eigenvalue weighted by Crippen LogP contribution is -2.28. The maximum Gasteiger partial charge on any atom is 0.337 e. The molecule has 1 heterocycles. The van der Waals surface area contributed by atoms with Gasteiger partial charge in [0.25, 0.3) is 5.56 Å². The first-order chi connectivity index (χ1) is 9.34. The van der Waals surface area contributed by atoms with Crippen molar-refractivity contribution >= 4 is 17.6 Å². The van der Waals surface area contributed by atoms with Gasteiger partial charge < -0.3 is 5.11 Å². The van der Waals surface area contributed by atoms with Crippen molar-refractivity contribution in [3.05, 3.63) is 62.3 Å². The first kappa shape index (κ1) is 14.3. The van der Waals surface area contributed by atoms with Crippen LogP contribution in [0.25, 0.3) is 5.69 Å². The zero-order chi connectivity index (χ0) is 15.0. The number of halogens is 2. The number of pyridine rings is 1. The number of rotatable bonds is 2. The average molecular weight is 296 g/mol. The third kappa shape index (κ3) is 2.20. The summed E-state index contributed by atoms with van der Waals surface area (Å²) in [7, 11) is 0. The smallest absolute Gasteiger partial charge is 0.337 e. The summed E-state index contributed by atoms with van der Waals surface area (Å²) in [5, 5.41) is 9.55. The van der Waals surface area contributed by atoms with Gasteiger partial charge in [0.1, 0.15) is 0 Å². The second kappa shape index (κ2) is 5.09. The largest absolute Gasteiger partial charge is 0.478 e. The second-order valence-corrected chi connectivity index (χ2v) is 4.76. The van der Waals surface area contributed by atoms with Crippen molar-refractivity contribution in [2.24, 2.45) is 0 Å².